The van der Waals surface area contributed by atoms with Crippen molar-refractivity contribution in [1.82, 2.24) is 4.98 Å². The maximum atomic E-state index is 12.1. The number of amides is 1. The highest BCUT2D eigenvalue weighted by Crippen LogP contribution is 2.21. The van der Waals surface area contributed by atoms with Crippen molar-refractivity contribution >= 4 is 27.7 Å². The third kappa shape index (κ3) is 2.76. The first-order valence-electron chi connectivity index (χ1n) is 5.57. The predicted molar refractivity (Wildman–Crippen MR) is 75.8 cm³/mol. The summed E-state index contributed by atoms with van der Waals surface area (Å²) in [6.45, 7) is 3.91. The highest BCUT2D eigenvalue weighted by Gasteiger charge is 2.11. The summed E-state index contributed by atoms with van der Waals surface area (Å²) in [5, 5.41) is 2.79. The number of aryl methyl sites for hydroxylation is 2. The molecule has 0 saturated carbocycles. The molecule has 1 heterocycles. The van der Waals surface area contributed by atoms with Crippen LogP contribution in [0.1, 0.15) is 21.5 Å². The molecule has 2 aromatic rings. The number of aromatic nitrogens is 1. The summed E-state index contributed by atoms with van der Waals surface area (Å²) < 4.78 is 0.815. The number of rotatable bonds is 2. The van der Waals surface area contributed by atoms with Gasteiger partial charge in [-0.2, -0.15) is 0 Å². The van der Waals surface area contributed by atoms with Crippen LogP contribution in [-0.4, -0.2) is 10.9 Å². The number of hydrogen-bond acceptors (Lipinski definition) is 2. The lowest BCUT2D eigenvalue weighted by Crippen LogP contribution is -2.13. The lowest BCUT2D eigenvalue weighted by molar-refractivity contribution is 0.102. The molecule has 0 aliphatic rings. The zero-order valence-electron chi connectivity index (χ0n) is 10.2. The summed E-state index contributed by atoms with van der Waals surface area (Å²) in [6, 6.07) is 9.31. The van der Waals surface area contributed by atoms with Crippen molar-refractivity contribution in [1.29, 1.82) is 0 Å². The molecular weight excluding hydrogens is 292 g/mol. The molecule has 3 nitrogen and oxygen atoms in total. The van der Waals surface area contributed by atoms with E-state index < -0.39 is 0 Å². The smallest absolute Gasteiger partial charge is 0.257 e. The first-order valence-corrected chi connectivity index (χ1v) is 6.36. The van der Waals surface area contributed by atoms with E-state index in [0.717, 1.165) is 15.6 Å². The van der Waals surface area contributed by atoms with Crippen LogP contribution in [0, 0.1) is 13.8 Å². The molecule has 0 unspecified atom stereocenters. The second-order valence-electron chi connectivity index (χ2n) is 4.11. The van der Waals surface area contributed by atoms with E-state index in [9.17, 15) is 4.79 Å². The van der Waals surface area contributed by atoms with Gasteiger partial charge in [0.05, 0.1) is 5.56 Å². The van der Waals surface area contributed by atoms with Gasteiger partial charge in [-0.1, -0.05) is 12.1 Å². The van der Waals surface area contributed by atoms with E-state index in [1.165, 1.54) is 0 Å². The summed E-state index contributed by atoms with van der Waals surface area (Å²) in [7, 11) is 0. The minimum Gasteiger partial charge on any atom is -0.307 e. The maximum absolute atomic E-state index is 12.1. The van der Waals surface area contributed by atoms with E-state index >= 15 is 0 Å². The average molecular weight is 305 g/mol. The van der Waals surface area contributed by atoms with Gasteiger partial charge < -0.3 is 5.32 Å². The van der Waals surface area contributed by atoms with Gasteiger partial charge in [0.25, 0.3) is 5.91 Å². The van der Waals surface area contributed by atoms with Gasteiger partial charge in [0.15, 0.2) is 0 Å². The Morgan fingerprint density at radius 1 is 1.28 bits per heavy atom. The number of hydrogen-bond donors (Lipinski definition) is 1. The van der Waals surface area contributed by atoms with E-state index in [0.29, 0.717) is 11.4 Å². The minimum absolute atomic E-state index is 0.163. The molecule has 2 rings (SSSR count). The molecule has 1 amide bonds. The SMILES string of the molecule is Cc1ccnc(NC(=O)c2cccc(C)c2Br)c1. The predicted octanol–water partition coefficient (Wildman–Crippen LogP) is 3.71. The fourth-order valence-electron chi connectivity index (χ4n) is 1.61. The van der Waals surface area contributed by atoms with Crippen molar-refractivity contribution < 1.29 is 4.79 Å². The summed E-state index contributed by atoms with van der Waals surface area (Å²) in [5.74, 6) is 0.400. The monoisotopic (exact) mass is 304 g/mol. The first-order chi connectivity index (χ1) is 8.58. The zero-order chi connectivity index (χ0) is 13.1. The lowest BCUT2D eigenvalue weighted by atomic mass is 10.1. The number of pyridine rings is 1. The van der Waals surface area contributed by atoms with Crippen LogP contribution in [0.25, 0.3) is 0 Å². The average Bonchev–Trinajstić information content (AvgIpc) is 2.32. The minimum atomic E-state index is -0.163. The molecule has 0 atom stereocenters. The van der Waals surface area contributed by atoms with E-state index in [4.69, 9.17) is 0 Å². The second kappa shape index (κ2) is 5.31. The van der Waals surface area contributed by atoms with Crippen LogP contribution < -0.4 is 5.32 Å². The highest BCUT2D eigenvalue weighted by atomic mass is 79.9. The molecule has 0 aliphatic heterocycles. The first kappa shape index (κ1) is 12.8. The number of carbonyl (C=O) groups excluding carboxylic acids is 1. The number of benzene rings is 1. The Morgan fingerprint density at radius 2 is 2.06 bits per heavy atom. The third-order valence-electron chi connectivity index (χ3n) is 2.59. The molecule has 0 aliphatic carbocycles. The molecule has 1 aromatic carbocycles. The Kier molecular flexibility index (Phi) is 3.77. The fourth-order valence-corrected chi connectivity index (χ4v) is 2.06. The molecule has 1 aromatic heterocycles. The number of carbonyl (C=O) groups is 1. The van der Waals surface area contributed by atoms with Crippen molar-refractivity contribution in [3.8, 4) is 0 Å². The third-order valence-corrected chi connectivity index (χ3v) is 3.65. The van der Waals surface area contributed by atoms with E-state index in [1.54, 1.807) is 12.3 Å². The normalized spacial score (nSPS) is 10.2. The van der Waals surface area contributed by atoms with Crippen LogP contribution in [0.4, 0.5) is 5.82 Å². The van der Waals surface area contributed by atoms with E-state index in [2.05, 4.69) is 26.2 Å². The Bertz CT molecular complexity index is 596. The Labute approximate surface area is 114 Å². The van der Waals surface area contributed by atoms with Gasteiger partial charge in [0.2, 0.25) is 0 Å². The van der Waals surface area contributed by atoms with Gasteiger partial charge in [0, 0.05) is 10.7 Å². The lowest BCUT2D eigenvalue weighted by Gasteiger charge is -2.08. The topological polar surface area (TPSA) is 42.0 Å². The summed E-state index contributed by atoms with van der Waals surface area (Å²) in [4.78, 5) is 16.2. The number of nitrogens with zero attached hydrogens (tertiary/aromatic N) is 1. The molecule has 0 saturated heterocycles. The van der Waals surface area contributed by atoms with Gasteiger partial charge >= 0.3 is 0 Å². The van der Waals surface area contributed by atoms with Crippen molar-refractivity contribution in [3.05, 3.63) is 57.7 Å². The summed E-state index contributed by atoms with van der Waals surface area (Å²) >= 11 is 3.43. The fraction of sp³-hybridized carbons (Fsp3) is 0.143. The van der Waals surface area contributed by atoms with Gasteiger partial charge in [-0.25, -0.2) is 4.98 Å². The van der Waals surface area contributed by atoms with Crippen LogP contribution >= 0.6 is 15.9 Å². The molecule has 1 N–H and O–H groups in total. The van der Waals surface area contributed by atoms with Crippen LogP contribution in [0.15, 0.2) is 41.0 Å². The molecule has 0 fully saturated rings. The Hall–Kier alpha value is -1.68. The molecule has 18 heavy (non-hydrogen) atoms. The van der Waals surface area contributed by atoms with Crippen LogP contribution in [0.5, 0.6) is 0 Å². The van der Waals surface area contributed by atoms with Crippen molar-refractivity contribution in [3.63, 3.8) is 0 Å². The molecule has 0 spiro atoms. The van der Waals surface area contributed by atoms with Crippen molar-refractivity contribution in [2.45, 2.75) is 13.8 Å². The Morgan fingerprint density at radius 3 is 2.78 bits per heavy atom. The molecule has 4 heteroatoms. The van der Waals surface area contributed by atoms with Gasteiger partial charge in [-0.05, 0) is 59.1 Å². The van der Waals surface area contributed by atoms with Crippen molar-refractivity contribution in [2.24, 2.45) is 0 Å². The number of nitrogens with one attached hydrogen (secondary N) is 1. The standard InChI is InChI=1S/C14H13BrN2O/c1-9-6-7-16-12(8-9)17-14(18)11-5-3-4-10(2)13(11)15/h3-8H,1-2H3,(H,16,17,18). The van der Waals surface area contributed by atoms with Gasteiger partial charge in [0.1, 0.15) is 5.82 Å². The van der Waals surface area contributed by atoms with Crippen LogP contribution in [0.3, 0.4) is 0 Å². The zero-order valence-corrected chi connectivity index (χ0v) is 11.8. The summed E-state index contributed by atoms with van der Waals surface area (Å²) in [6.07, 6.45) is 1.68. The van der Waals surface area contributed by atoms with Crippen LogP contribution in [0.2, 0.25) is 0 Å². The van der Waals surface area contributed by atoms with E-state index in [-0.39, 0.29) is 5.91 Å². The second-order valence-corrected chi connectivity index (χ2v) is 4.90. The Balaban J connectivity index is 2.25. The largest absolute Gasteiger partial charge is 0.307 e. The van der Waals surface area contributed by atoms with Gasteiger partial charge in [-0.3, -0.25) is 4.79 Å². The maximum Gasteiger partial charge on any atom is 0.257 e. The number of halogens is 1. The molecule has 92 valence electrons. The molecular formula is C14H13BrN2O. The van der Waals surface area contributed by atoms with Gasteiger partial charge in [-0.15, -0.1) is 0 Å². The molecule has 0 radical (unpaired) electrons. The highest BCUT2D eigenvalue weighted by molar-refractivity contribution is 9.10. The quantitative estimate of drug-likeness (QED) is 0.919. The van der Waals surface area contributed by atoms with Crippen molar-refractivity contribution in [2.75, 3.05) is 5.32 Å². The summed E-state index contributed by atoms with van der Waals surface area (Å²) in [5.41, 5.74) is 2.70. The molecule has 0 bridgehead atoms. The number of anilines is 1. The van der Waals surface area contributed by atoms with E-state index in [1.807, 2.05) is 38.1 Å². The van der Waals surface area contributed by atoms with Crippen LogP contribution in [-0.2, 0) is 0 Å².